The summed E-state index contributed by atoms with van der Waals surface area (Å²) in [5.74, 6) is 0.735. The average molecular weight is 313 g/mol. The summed E-state index contributed by atoms with van der Waals surface area (Å²) in [4.78, 5) is 0. The van der Waals surface area contributed by atoms with Crippen LogP contribution in [0.15, 0.2) is 66.3 Å². The highest BCUT2D eigenvalue weighted by atomic mass is 35.5. The van der Waals surface area contributed by atoms with Gasteiger partial charge in [-0.25, -0.2) is 4.68 Å². The Labute approximate surface area is 132 Å². The van der Waals surface area contributed by atoms with Gasteiger partial charge in [-0.05, 0) is 18.2 Å². The molecule has 22 heavy (non-hydrogen) atoms. The summed E-state index contributed by atoms with van der Waals surface area (Å²) in [6.45, 7) is 0.400. The van der Waals surface area contributed by atoms with Crippen LogP contribution in [0.5, 0.6) is 5.75 Å². The van der Waals surface area contributed by atoms with Crippen molar-refractivity contribution < 1.29 is 4.74 Å². The van der Waals surface area contributed by atoms with Crippen LogP contribution in [0.1, 0.15) is 11.1 Å². The number of halogens is 1. The Balaban J connectivity index is 1.75. The lowest BCUT2D eigenvalue weighted by atomic mass is 10.2. The van der Waals surface area contributed by atoms with Crippen molar-refractivity contribution >= 4 is 17.8 Å². The van der Waals surface area contributed by atoms with E-state index in [9.17, 15) is 0 Å². The molecule has 0 saturated carbocycles. The van der Waals surface area contributed by atoms with Crippen molar-refractivity contribution in [1.82, 2.24) is 14.9 Å². The molecule has 0 aliphatic carbocycles. The van der Waals surface area contributed by atoms with Crippen LogP contribution in [0.2, 0.25) is 5.02 Å². The molecule has 0 unspecified atom stereocenters. The summed E-state index contributed by atoms with van der Waals surface area (Å²) >= 11 is 6.14. The van der Waals surface area contributed by atoms with Gasteiger partial charge < -0.3 is 4.74 Å². The van der Waals surface area contributed by atoms with Crippen molar-refractivity contribution in [1.29, 1.82) is 0 Å². The van der Waals surface area contributed by atoms with Crippen LogP contribution < -0.4 is 4.74 Å². The molecule has 5 nitrogen and oxygen atoms in total. The van der Waals surface area contributed by atoms with E-state index in [0.29, 0.717) is 11.6 Å². The molecule has 1 heterocycles. The van der Waals surface area contributed by atoms with E-state index in [4.69, 9.17) is 16.3 Å². The minimum Gasteiger partial charge on any atom is -0.488 e. The lowest BCUT2D eigenvalue weighted by Gasteiger charge is -2.09. The molecule has 0 amide bonds. The van der Waals surface area contributed by atoms with Gasteiger partial charge in [0.15, 0.2) is 0 Å². The number of hydrogen-bond donors (Lipinski definition) is 0. The largest absolute Gasteiger partial charge is 0.488 e. The van der Waals surface area contributed by atoms with Crippen LogP contribution in [0.3, 0.4) is 0 Å². The van der Waals surface area contributed by atoms with Crippen LogP contribution in [0.4, 0.5) is 0 Å². The second-order valence-corrected chi connectivity index (χ2v) is 4.91. The van der Waals surface area contributed by atoms with Gasteiger partial charge in [0, 0.05) is 16.1 Å². The fourth-order valence-electron chi connectivity index (χ4n) is 1.87. The Morgan fingerprint density at radius 2 is 1.77 bits per heavy atom. The van der Waals surface area contributed by atoms with E-state index in [2.05, 4.69) is 15.3 Å². The Kier molecular flexibility index (Phi) is 4.46. The third-order valence-corrected chi connectivity index (χ3v) is 3.37. The van der Waals surface area contributed by atoms with E-state index in [1.54, 1.807) is 6.21 Å². The molecule has 0 spiro atoms. The first-order valence-corrected chi connectivity index (χ1v) is 7.05. The van der Waals surface area contributed by atoms with Crippen molar-refractivity contribution in [2.45, 2.75) is 6.61 Å². The third kappa shape index (κ3) is 3.51. The maximum absolute atomic E-state index is 6.14. The molecule has 6 heteroatoms. The van der Waals surface area contributed by atoms with Gasteiger partial charge in [-0.1, -0.05) is 41.9 Å². The summed E-state index contributed by atoms with van der Waals surface area (Å²) in [5, 5.41) is 12.3. The molecule has 3 rings (SSSR count). The molecular formula is C16H13ClN4O. The van der Waals surface area contributed by atoms with Crippen LogP contribution in [0, 0.1) is 0 Å². The van der Waals surface area contributed by atoms with Gasteiger partial charge in [-0.2, -0.15) is 5.10 Å². The number of aromatic nitrogens is 3. The predicted octanol–water partition coefficient (Wildman–Crippen LogP) is 3.39. The first-order chi connectivity index (χ1) is 10.8. The highest BCUT2D eigenvalue weighted by Crippen LogP contribution is 2.20. The first-order valence-electron chi connectivity index (χ1n) is 6.67. The van der Waals surface area contributed by atoms with E-state index in [-0.39, 0.29) is 0 Å². The lowest BCUT2D eigenvalue weighted by Crippen LogP contribution is -1.99. The quantitative estimate of drug-likeness (QED) is 0.679. The van der Waals surface area contributed by atoms with Gasteiger partial charge in [-0.15, -0.1) is 10.2 Å². The Bertz CT molecular complexity index is 771. The molecule has 1 aromatic heterocycles. The van der Waals surface area contributed by atoms with E-state index in [1.165, 1.54) is 17.3 Å². The molecule has 0 atom stereocenters. The van der Waals surface area contributed by atoms with Crippen molar-refractivity contribution in [3.8, 4) is 5.75 Å². The number of hydrogen-bond acceptors (Lipinski definition) is 4. The molecule has 0 saturated heterocycles. The standard InChI is InChI=1S/C16H13ClN4O/c17-15-7-3-1-6-14(15)10-22-16-8-4-2-5-13(16)9-20-21-11-18-19-12-21/h1-9,11-12H,10H2. The zero-order valence-corrected chi connectivity index (χ0v) is 12.4. The van der Waals surface area contributed by atoms with Gasteiger partial charge in [0.2, 0.25) is 0 Å². The van der Waals surface area contributed by atoms with Crippen molar-refractivity contribution in [2.75, 3.05) is 0 Å². The monoisotopic (exact) mass is 312 g/mol. The number of nitrogens with zero attached hydrogens (tertiary/aromatic N) is 4. The number of para-hydroxylation sites is 1. The summed E-state index contributed by atoms with van der Waals surface area (Å²) in [7, 11) is 0. The van der Waals surface area contributed by atoms with Gasteiger partial charge in [-0.3, -0.25) is 0 Å². The molecule has 0 aliphatic rings. The summed E-state index contributed by atoms with van der Waals surface area (Å²) in [6.07, 6.45) is 4.73. The van der Waals surface area contributed by atoms with E-state index in [0.717, 1.165) is 16.9 Å². The highest BCUT2D eigenvalue weighted by molar-refractivity contribution is 6.31. The Hall–Kier alpha value is -2.66. The Morgan fingerprint density at radius 1 is 1.05 bits per heavy atom. The molecule has 3 aromatic rings. The predicted molar refractivity (Wildman–Crippen MR) is 85.2 cm³/mol. The topological polar surface area (TPSA) is 52.3 Å². The molecule has 0 radical (unpaired) electrons. The zero-order chi connectivity index (χ0) is 15.2. The summed E-state index contributed by atoms with van der Waals surface area (Å²) in [6, 6.07) is 15.3. The first kappa shape index (κ1) is 14.3. The van der Waals surface area contributed by atoms with Crippen LogP contribution in [-0.2, 0) is 6.61 Å². The minimum absolute atomic E-state index is 0.400. The number of ether oxygens (including phenoxy) is 1. The van der Waals surface area contributed by atoms with E-state index >= 15 is 0 Å². The third-order valence-electron chi connectivity index (χ3n) is 3.00. The van der Waals surface area contributed by atoms with Crippen molar-refractivity contribution in [3.63, 3.8) is 0 Å². The highest BCUT2D eigenvalue weighted by Gasteiger charge is 2.03. The zero-order valence-electron chi connectivity index (χ0n) is 11.6. The van der Waals surface area contributed by atoms with Gasteiger partial charge in [0.25, 0.3) is 0 Å². The van der Waals surface area contributed by atoms with Crippen molar-refractivity contribution in [2.24, 2.45) is 5.10 Å². The fraction of sp³-hybridized carbons (Fsp3) is 0.0625. The second-order valence-electron chi connectivity index (χ2n) is 4.50. The van der Waals surface area contributed by atoms with Gasteiger partial charge >= 0.3 is 0 Å². The smallest absolute Gasteiger partial charge is 0.141 e. The molecule has 0 N–H and O–H groups in total. The van der Waals surface area contributed by atoms with Gasteiger partial charge in [0.1, 0.15) is 25.0 Å². The molecule has 0 aliphatic heterocycles. The molecule has 110 valence electrons. The fourth-order valence-corrected chi connectivity index (χ4v) is 2.06. The minimum atomic E-state index is 0.400. The SMILES string of the molecule is Clc1ccccc1COc1ccccc1C=Nn1cnnc1. The van der Waals surface area contributed by atoms with E-state index in [1.807, 2.05) is 48.5 Å². The molecule has 0 fully saturated rings. The molecule has 2 aromatic carbocycles. The van der Waals surface area contributed by atoms with Crippen molar-refractivity contribution in [3.05, 3.63) is 77.3 Å². The maximum atomic E-state index is 6.14. The summed E-state index contributed by atoms with van der Waals surface area (Å²) in [5.41, 5.74) is 1.80. The van der Waals surface area contributed by atoms with E-state index < -0.39 is 0 Å². The molecular weight excluding hydrogens is 300 g/mol. The number of benzene rings is 2. The van der Waals surface area contributed by atoms with Gasteiger partial charge in [0.05, 0.1) is 6.21 Å². The lowest BCUT2D eigenvalue weighted by molar-refractivity contribution is 0.306. The molecule has 0 bridgehead atoms. The van der Waals surface area contributed by atoms with Crippen LogP contribution in [0.25, 0.3) is 0 Å². The van der Waals surface area contributed by atoms with Crippen LogP contribution >= 0.6 is 11.6 Å². The normalized spacial score (nSPS) is 11.0. The van der Waals surface area contributed by atoms with Crippen LogP contribution in [-0.4, -0.2) is 21.1 Å². The average Bonchev–Trinajstić information content (AvgIpc) is 3.06. The number of rotatable bonds is 5. The maximum Gasteiger partial charge on any atom is 0.141 e. The second kappa shape index (κ2) is 6.87. The summed E-state index contributed by atoms with van der Waals surface area (Å²) < 4.78 is 7.38. The Morgan fingerprint density at radius 3 is 2.59 bits per heavy atom.